The fraction of sp³-hybridized carbons (Fsp3) is 0.741. The maximum Gasteiger partial charge on any atom is 0.410 e. The Morgan fingerprint density at radius 3 is 2.71 bits per heavy atom. The highest BCUT2D eigenvalue weighted by Gasteiger charge is 2.41. The van der Waals surface area contributed by atoms with Gasteiger partial charge >= 0.3 is 12.1 Å². The first-order valence-corrected chi connectivity index (χ1v) is 13.1. The zero-order valence-corrected chi connectivity index (χ0v) is 21.7. The number of methoxy groups -OCH3 is 1. The summed E-state index contributed by atoms with van der Waals surface area (Å²) in [5.74, 6) is 1.37. The number of aryl methyl sites for hydroxylation is 2. The van der Waals surface area contributed by atoms with Gasteiger partial charge in [-0.1, -0.05) is 6.07 Å². The molecule has 194 valence electrons. The topological polar surface area (TPSA) is 90.0 Å². The molecule has 3 aliphatic rings. The largest absolute Gasteiger partial charge is 0.469 e. The summed E-state index contributed by atoms with van der Waals surface area (Å²) >= 11 is 0. The molecule has 8 heteroatoms. The van der Waals surface area contributed by atoms with Gasteiger partial charge in [0.1, 0.15) is 11.4 Å². The minimum atomic E-state index is -0.521. The lowest BCUT2D eigenvalue weighted by molar-refractivity contribution is -0.151. The van der Waals surface area contributed by atoms with Crippen molar-refractivity contribution in [1.82, 2.24) is 9.88 Å². The first kappa shape index (κ1) is 25.7. The van der Waals surface area contributed by atoms with Crippen LogP contribution in [0.4, 0.5) is 10.6 Å². The summed E-state index contributed by atoms with van der Waals surface area (Å²) in [6.07, 6.45) is 7.16. The second-order valence-corrected chi connectivity index (χ2v) is 11.3. The lowest BCUT2D eigenvalue weighted by atomic mass is 9.79. The lowest BCUT2D eigenvalue weighted by Gasteiger charge is -2.42. The highest BCUT2D eigenvalue weighted by molar-refractivity contribution is 5.74. The van der Waals surface area contributed by atoms with Crippen molar-refractivity contribution in [2.24, 2.45) is 17.8 Å². The van der Waals surface area contributed by atoms with E-state index in [2.05, 4.69) is 17.4 Å². The molecule has 1 N–H and O–H groups in total. The van der Waals surface area contributed by atoms with Crippen LogP contribution in [0.15, 0.2) is 12.1 Å². The Balaban J connectivity index is 1.13. The average Bonchev–Trinajstić information content (AvgIpc) is 2.75. The predicted octanol–water partition coefficient (Wildman–Crippen LogP) is 4.21. The molecule has 0 spiro atoms. The van der Waals surface area contributed by atoms with Crippen LogP contribution in [0.1, 0.15) is 64.1 Å². The van der Waals surface area contributed by atoms with E-state index in [0.717, 1.165) is 44.5 Å². The van der Waals surface area contributed by atoms with Crippen LogP contribution >= 0.6 is 0 Å². The van der Waals surface area contributed by atoms with E-state index in [1.807, 2.05) is 20.8 Å². The molecule has 1 saturated carbocycles. The van der Waals surface area contributed by atoms with Gasteiger partial charge in [0, 0.05) is 37.9 Å². The average molecular weight is 488 g/mol. The Morgan fingerprint density at radius 2 is 2.00 bits per heavy atom. The van der Waals surface area contributed by atoms with Crippen LogP contribution in [0, 0.1) is 17.8 Å². The molecule has 2 aliphatic heterocycles. The molecule has 0 aromatic carbocycles. The first-order chi connectivity index (χ1) is 16.7. The Kier molecular flexibility index (Phi) is 8.19. The molecule has 35 heavy (non-hydrogen) atoms. The van der Waals surface area contributed by atoms with Crippen molar-refractivity contribution >= 4 is 17.9 Å². The highest BCUT2D eigenvalue weighted by atomic mass is 16.6. The summed E-state index contributed by atoms with van der Waals surface area (Å²) in [7, 11) is 1.42. The zero-order chi connectivity index (χ0) is 25.0. The number of hydrogen-bond acceptors (Lipinski definition) is 7. The third kappa shape index (κ3) is 6.87. The Morgan fingerprint density at radius 1 is 1.23 bits per heavy atom. The number of pyridine rings is 1. The zero-order valence-electron chi connectivity index (χ0n) is 21.7. The fourth-order valence-corrected chi connectivity index (χ4v) is 5.21. The summed E-state index contributed by atoms with van der Waals surface area (Å²) in [4.78, 5) is 31.0. The molecular weight excluding hydrogens is 446 g/mol. The lowest BCUT2D eigenvalue weighted by Crippen LogP contribution is -2.55. The number of nitrogens with zero attached hydrogens (tertiary/aromatic N) is 2. The van der Waals surface area contributed by atoms with Crippen molar-refractivity contribution in [2.45, 2.75) is 77.4 Å². The van der Waals surface area contributed by atoms with Gasteiger partial charge in [-0.2, -0.15) is 0 Å². The van der Waals surface area contributed by atoms with Crippen LogP contribution in [0.5, 0.6) is 0 Å². The molecule has 1 amide bonds. The SMILES string of the molecule is COC(=O)C(CCOC1CC(CCc2ccc3c(n2)NCCC3)C1)C1CN(C(=O)OC(C)(C)C)C1. The molecule has 1 aromatic rings. The Hall–Kier alpha value is -2.35. The second kappa shape index (κ2) is 11.1. The molecule has 1 atom stereocenters. The standard InChI is InChI=1S/C27H41N3O5/c1-27(2,3)35-26(32)30-16-20(17-30)23(25(31)33-4)11-13-34-22-14-18(15-22)7-9-21-10-8-19-6-5-12-28-24(19)29-21/h8,10,18,20,22-23H,5-7,9,11-17H2,1-4H3,(H,28,29). The van der Waals surface area contributed by atoms with E-state index in [9.17, 15) is 9.59 Å². The number of ether oxygens (including phenoxy) is 3. The van der Waals surface area contributed by atoms with Crippen LogP contribution in [-0.2, 0) is 31.8 Å². The molecule has 4 rings (SSSR count). The van der Waals surface area contributed by atoms with Crippen molar-refractivity contribution in [3.8, 4) is 0 Å². The summed E-state index contributed by atoms with van der Waals surface area (Å²) in [5, 5.41) is 3.41. The minimum absolute atomic E-state index is 0.0892. The highest BCUT2D eigenvalue weighted by Crippen LogP contribution is 2.35. The van der Waals surface area contributed by atoms with E-state index in [0.29, 0.717) is 32.0 Å². The van der Waals surface area contributed by atoms with Crippen molar-refractivity contribution in [3.63, 3.8) is 0 Å². The van der Waals surface area contributed by atoms with Gasteiger partial charge in [-0.3, -0.25) is 4.79 Å². The second-order valence-electron chi connectivity index (χ2n) is 11.3. The number of fused-ring (bicyclic) bond motifs is 1. The van der Waals surface area contributed by atoms with E-state index in [1.165, 1.54) is 24.8 Å². The van der Waals surface area contributed by atoms with Crippen molar-refractivity contribution in [2.75, 3.05) is 38.7 Å². The molecule has 0 radical (unpaired) electrons. The summed E-state index contributed by atoms with van der Waals surface area (Å²) < 4.78 is 16.5. The third-order valence-electron chi connectivity index (χ3n) is 7.37. The number of carbonyl (C=O) groups excluding carboxylic acids is 2. The first-order valence-electron chi connectivity index (χ1n) is 13.1. The number of likely N-dealkylation sites (tertiary alicyclic amines) is 1. The Labute approximate surface area is 209 Å². The van der Waals surface area contributed by atoms with Gasteiger partial charge in [0.05, 0.1) is 19.1 Å². The van der Waals surface area contributed by atoms with Gasteiger partial charge in [-0.05, 0) is 83.3 Å². The van der Waals surface area contributed by atoms with Gasteiger partial charge in [0.25, 0.3) is 0 Å². The molecule has 0 bridgehead atoms. The van der Waals surface area contributed by atoms with Crippen LogP contribution in [0.3, 0.4) is 0 Å². The predicted molar refractivity (Wildman–Crippen MR) is 133 cm³/mol. The van der Waals surface area contributed by atoms with Crippen LogP contribution in [0.2, 0.25) is 0 Å². The number of anilines is 1. The molecule has 1 aromatic heterocycles. The number of rotatable bonds is 9. The molecule has 1 saturated heterocycles. The van der Waals surface area contributed by atoms with Gasteiger partial charge in [-0.25, -0.2) is 9.78 Å². The number of amides is 1. The molecule has 8 nitrogen and oxygen atoms in total. The smallest absolute Gasteiger partial charge is 0.410 e. The number of carbonyl (C=O) groups is 2. The molecule has 3 heterocycles. The molecule has 1 aliphatic carbocycles. The van der Waals surface area contributed by atoms with Crippen LogP contribution in [-0.4, -0.2) is 67.0 Å². The number of hydrogen-bond donors (Lipinski definition) is 1. The van der Waals surface area contributed by atoms with E-state index >= 15 is 0 Å². The Bertz CT molecular complexity index is 887. The summed E-state index contributed by atoms with van der Waals surface area (Å²) in [5.41, 5.74) is 1.98. The van der Waals surface area contributed by atoms with Crippen molar-refractivity contribution in [1.29, 1.82) is 0 Å². The van der Waals surface area contributed by atoms with Gasteiger partial charge in [-0.15, -0.1) is 0 Å². The van der Waals surface area contributed by atoms with E-state index < -0.39 is 5.60 Å². The van der Waals surface area contributed by atoms with Crippen LogP contribution < -0.4 is 5.32 Å². The third-order valence-corrected chi connectivity index (χ3v) is 7.37. The summed E-state index contributed by atoms with van der Waals surface area (Å²) in [6, 6.07) is 4.40. The maximum absolute atomic E-state index is 12.3. The molecule has 1 unspecified atom stereocenters. The van der Waals surface area contributed by atoms with E-state index in [-0.39, 0.29) is 30.0 Å². The van der Waals surface area contributed by atoms with Gasteiger partial charge < -0.3 is 24.4 Å². The quantitative estimate of drug-likeness (QED) is 0.522. The fourth-order valence-electron chi connectivity index (χ4n) is 5.21. The van der Waals surface area contributed by atoms with Gasteiger partial charge in [0.2, 0.25) is 0 Å². The van der Waals surface area contributed by atoms with Gasteiger partial charge in [0.15, 0.2) is 0 Å². The molecule has 2 fully saturated rings. The number of aromatic nitrogens is 1. The number of nitrogens with one attached hydrogen (secondary N) is 1. The van der Waals surface area contributed by atoms with E-state index in [1.54, 1.807) is 4.90 Å². The van der Waals surface area contributed by atoms with Crippen molar-refractivity contribution < 1.29 is 23.8 Å². The van der Waals surface area contributed by atoms with E-state index in [4.69, 9.17) is 19.2 Å². The van der Waals surface area contributed by atoms with Crippen LogP contribution in [0.25, 0.3) is 0 Å². The summed E-state index contributed by atoms with van der Waals surface area (Å²) in [6.45, 7) is 8.15. The van der Waals surface area contributed by atoms with Crippen molar-refractivity contribution in [3.05, 3.63) is 23.4 Å². The normalized spacial score (nSPS) is 22.8. The number of esters is 1. The minimum Gasteiger partial charge on any atom is -0.469 e. The maximum atomic E-state index is 12.3. The monoisotopic (exact) mass is 487 g/mol. The molecular formula is C27H41N3O5.